The third-order valence-corrected chi connectivity index (χ3v) is 3.97. The number of nitrogens with one attached hydrogen (secondary N) is 1. The van der Waals surface area contributed by atoms with Crippen LogP contribution in [0.15, 0.2) is 4.52 Å². The zero-order valence-electron chi connectivity index (χ0n) is 12.2. The van der Waals surface area contributed by atoms with Gasteiger partial charge in [0, 0.05) is 6.54 Å². The number of fused-ring (bicyclic) bond motifs is 3. The van der Waals surface area contributed by atoms with Crippen molar-refractivity contribution in [1.29, 1.82) is 0 Å². The van der Waals surface area contributed by atoms with Crippen LogP contribution in [0.25, 0.3) is 0 Å². The number of carbonyl (C=O) groups excluding carboxylic acids is 1. The van der Waals surface area contributed by atoms with E-state index < -0.39 is 6.09 Å². The second-order valence-corrected chi connectivity index (χ2v) is 5.78. The highest BCUT2D eigenvalue weighted by Gasteiger charge is 2.38. The fourth-order valence-corrected chi connectivity index (χ4v) is 3.02. The van der Waals surface area contributed by atoms with Gasteiger partial charge in [-0.25, -0.2) is 4.79 Å². The molecule has 4 rings (SSSR count). The minimum Gasteiger partial charge on any atom is -0.447 e. The van der Waals surface area contributed by atoms with Gasteiger partial charge in [-0.05, 0) is 50.9 Å². The predicted molar refractivity (Wildman–Crippen MR) is 78.7 cm³/mol. The normalized spacial score (nSPS) is 27.3. The van der Waals surface area contributed by atoms with Gasteiger partial charge in [-0.1, -0.05) is 0 Å². The van der Waals surface area contributed by atoms with Gasteiger partial charge in [0.1, 0.15) is 0 Å². The average Bonchev–Trinajstić information content (AvgIpc) is 2.87. The van der Waals surface area contributed by atoms with Gasteiger partial charge in [0.25, 0.3) is 5.95 Å². The largest absolute Gasteiger partial charge is 0.447 e. The predicted octanol–water partition coefficient (Wildman–Crippen LogP) is 2.26. The maximum atomic E-state index is 11.5. The molecule has 0 aromatic carbocycles. The molecule has 1 N–H and O–H groups in total. The molecule has 3 saturated heterocycles. The third-order valence-electron chi connectivity index (χ3n) is 3.97. The molecule has 3 aliphatic rings. The number of anilines is 1. The van der Waals surface area contributed by atoms with Crippen molar-refractivity contribution >= 4 is 24.4 Å². The van der Waals surface area contributed by atoms with E-state index in [9.17, 15) is 4.79 Å². The number of hydrogen-bond donors (Lipinski definition) is 1. The van der Waals surface area contributed by atoms with Crippen LogP contribution in [0, 0.1) is 5.92 Å². The van der Waals surface area contributed by atoms with Gasteiger partial charge in [-0.15, -0.1) is 12.4 Å². The standard InChI is InChI=1S/C13H20N4O3.ClH/c1-8(2)19-13(18)15-12-14-11(20-16-12)10-7-17-5-3-9(10)4-6-17;/h8-10H,3-7H2,1-2H3,(H,15,16,18);1H. The minimum atomic E-state index is -0.554. The topological polar surface area (TPSA) is 80.5 Å². The number of ether oxygens (including phenoxy) is 1. The van der Waals surface area contributed by atoms with Crippen LogP contribution in [-0.2, 0) is 4.74 Å². The summed E-state index contributed by atoms with van der Waals surface area (Å²) in [5.74, 6) is 1.72. The van der Waals surface area contributed by atoms with Gasteiger partial charge in [0.2, 0.25) is 5.89 Å². The quantitative estimate of drug-likeness (QED) is 0.921. The van der Waals surface area contributed by atoms with Crippen molar-refractivity contribution in [2.45, 2.75) is 38.7 Å². The fraction of sp³-hybridized carbons (Fsp3) is 0.769. The van der Waals surface area contributed by atoms with E-state index in [2.05, 4.69) is 20.4 Å². The summed E-state index contributed by atoms with van der Waals surface area (Å²) < 4.78 is 10.3. The molecule has 3 fully saturated rings. The molecule has 7 nitrogen and oxygen atoms in total. The Labute approximate surface area is 129 Å². The summed E-state index contributed by atoms with van der Waals surface area (Å²) in [5, 5.41) is 6.29. The van der Waals surface area contributed by atoms with Crippen LogP contribution in [-0.4, -0.2) is 46.9 Å². The lowest BCUT2D eigenvalue weighted by molar-refractivity contribution is 0.0727. The van der Waals surface area contributed by atoms with Crippen LogP contribution in [0.2, 0.25) is 0 Å². The molecule has 1 aromatic rings. The van der Waals surface area contributed by atoms with Gasteiger partial charge in [-0.2, -0.15) is 4.98 Å². The lowest BCUT2D eigenvalue weighted by Gasteiger charge is -2.43. The van der Waals surface area contributed by atoms with Gasteiger partial charge in [0.15, 0.2) is 0 Å². The smallest absolute Gasteiger partial charge is 0.414 e. The Bertz CT molecular complexity index is 486. The number of piperidine rings is 3. The molecular formula is C13H21ClN4O3. The van der Waals surface area contributed by atoms with Crippen LogP contribution in [0.4, 0.5) is 10.7 Å². The summed E-state index contributed by atoms with van der Waals surface area (Å²) in [7, 11) is 0. The first kappa shape index (κ1) is 16.0. The van der Waals surface area contributed by atoms with Crippen LogP contribution in [0.1, 0.15) is 38.5 Å². The number of halogens is 1. The summed E-state index contributed by atoms with van der Waals surface area (Å²) in [6, 6.07) is 0. The molecule has 0 spiro atoms. The Morgan fingerprint density at radius 3 is 2.71 bits per heavy atom. The molecule has 1 aromatic heterocycles. The van der Waals surface area contributed by atoms with Gasteiger partial charge < -0.3 is 14.2 Å². The number of rotatable bonds is 3. The monoisotopic (exact) mass is 316 g/mol. The first-order valence-electron chi connectivity index (χ1n) is 7.15. The number of nitrogens with zero attached hydrogens (tertiary/aromatic N) is 3. The lowest BCUT2D eigenvalue weighted by Crippen LogP contribution is -2.46. The molecule has 21 heavy (non-hydrogen) atoms. The average molecular weight is 317 g/mol. The highest BCUT2D eigenvalue weighted by molar-refractivity contribution is 5.85. The Morgan fingerprint density at radius 1 is 1.43 bits per heavy atom. The number of carbonyl (C=O) groups is 1. The SMILES string of the molecule is CC(C)OC(=O)Nc1noc(C2CN3CCC2CC3)n1.Cl. The van der Waals surface area contributed by atoms with Gasteiger partial charge in [-0.3, -0.25) is 5.32 Å². The molecule has 0 saturated carbocycles. The molecule has 118 valence electrons. The summed E-state index contributed by atoms with van der Waals surface area (Å²) in [4.78, 5) is 18.2. The maximum Gasteiger partial charge on any atom is 0.414 e. The van der Waals surface area contributed by atoms with Crippen molar-refractivity contribution in [3.8, 4) is 0 Å². The number of aromatic nitrogens is 2. The van der Waals surface area contributed by atoms with Crippen molar-refractivity contribution in [2.24, 2.45) is 5.92 Å². The first-order valence-corrected chi connectivity index (χ1v) is 7.15. The van der Waals surface area contributed by atoms with E-state index in [-0.39, 0.29) is 24.5 Å². The number of amides is 1. The minimum absolute atomic E-state index is 0. The van der Waals surface area contributed by atoms with E-state index in [4.69, 9.17) is 9.26 Å². The summed E-state index contributed by atoms with van der Waals surface area (Å²) in [6.07, 6.45) is 1.64. The van der Waals surface area contributed by atoms with E-state index in [1.807, 2.05) is 0 Å². The van der Waals surface area contributed by atoms with Crippen LogP contribution in [0.5, 0.6) is 0 Å². The zero-order valence-corrected chi connectivity index (χ0v) is 13.1. The highest BCUT2D eigenvalue weighted by atomic mass is 35.5. The Kier molecular flexibility index (Phi) is 5.05. The Hall–Kier alpha value is -1.34. The molecular weight excluding hydrogens is 296 g/mol. The van der Waals surface area contributed by atoms with Crippen molar-refractivity contribution in [3.05, 3.63) is 5.89 Å². The molecule has 1 amide bonds. The zero-order chi connectivity index (χ0) is 14.1. The molecule has 8 heteroatoms. The highest BCUT2D eigenvalue weighted by Crippen LogP contribution is 2.38. The maximum absolute atomic E-state index is 11.5. The van der Waals surface area contributed by atoms with Crippen LogP contribution >= 0.6 is 12.4 Å². The van der Waals surface area contributed by atoms with Crippen molar-refractivity contribution in [1.82, 2.24) is 15.0 Å². The molecule has 0 radical (unpaired) electrons. The second kappa shape index (κ2) is 6.62. The first-order chi connectivity index (χ1) is 9.61. The van der Waals surface area contributed by atoms with E-state index in [1.54, 1.807) is 13.8 Å². The summed E-state index contributed by atoms with van der Waals surface area (Å²) in [6.45, 7) is 6.88. The summed E-state index contributed by atoms with van der Waals surface area (Å²) in [5.41, 5.74) is 0. The van der Waals surface area contributed by atoms with Crippen molar-refractivity contribution in [3.63, 3.8) is 0 Å². The molecule has 3 aliphatic heterocycles. The van der Waals surface area contributed by atoms with E-state index in [0.717, 1.165) is 6.54 Å². The van der Waals surface area contributed by atoms with Crippen molar-refractivity contribution in [2.75, 3.05) is 25.0 Å². The molecule has 1 unspecified atom stereocenters. The van der Waals surface area contributed by atoms with Gasteiger partial charge in [0.05, 0.1) is 12.0 Å². The molecule has 0 aliphatic carbocycles. The fourth-order valence-electron chi connectivity index (χ4n) is 3.02. The second-order valence-electron chi connectivity index (χ2n) is 5.78. The molecule has 4 heterocycles. The van der Waals surface area contributed by atoms with E-state index in [0.29, 0.717) is 17.7 Å². The van der Waals surface area contributed by atoms with E-state index >= 15 is 0 Å². The third kappa shape index (κ3) is 3.65. The number of hydrogen-bond acceptors (Lipinski definition) is 6. The molecule has 2 bridgehead atoms. The van der Waals surface area contributed by atoms with Gasteiger partial charge >= 0.3 is 6.09 Å². The Balaban J connectivity index is 0.00000161. The lowest BCUT2D eigenvalue weighted by atomic mass is 9.79. The van der Waals surface area contributed by atoms with Crippen molar-refractivity contribution < 1.29 is 14.1 Å². The van der Waals surface area contributed by atoms with E-state index in [1.165, 1.54) is 25.9 Å². The Morgan fingerprint density at radius 2 is 2.14 bits per heavy atom. The van der Waals surface area contributed by atoms with Crippen LogP contribution in [0.3, 0.4) is 0 Å². The summed E-state index contributed by atoms with van der Waals surface area (Å²) >= 11 is 0. The molecule has 1 atom stereocenters. The van der Waals surface area contributed by atoms with Crippen LogP contribution < -0.4 is 5.32 Å².